The Kier molecular flexibility index (Phi) is 12.5. The van der Waals surface area contributed by atoms with Gasteiger partial charge in [0.05, 0.1) is 26.4 Å². The summed E-state index contributed by atoms with van der Waals surface area (Å²) in [6.45, 7) is 12.2. The molecule has 7 heteroatoms. The van der Waals surface area contributed by atoms with E-state index in [1.54, 1.807) is 22.2 Å². The van der Waals surface area contributed by atoms with E-state index >= 15 is 0 Å². The van der Waals surface area contributed by atoms with Crippen molar-refractivity contribution in [3.05, 3.63) is 25.6 Å². The van der Waals surface area contributed by atoms with Crippen LogP contribution in [-0.2, 0) is 23.8 Å². The van der Waals surface area contributed by atoms with Crippen LogP contribution in [0.5, 0.6) is 0 Å². The normalized spacial score (nSPS) is 22.8. The van der Waals surface area contributed by atoms with Crippen molar-refractivity contribution in [3.63, 3.8) is 0 Å². The average molecular weight is 437 g/mol. The zero-order chi connectivity index (χ0) is 22.3. The predicted octanol–water partition coefficient (Wildman–Crippen LogP) is 3.36. The van der Waals surface area contributed by atoms with Gasteiger partial charge >= 0.3 is 0 Å². The standard InChI is InChI=1S/C24H40N2O5/c1-3-25-13-7-5-9-21(23(25)27)11-15-29-17-19-31-20-18-30-16-12-22-10-6-8-14-26(4-2)24(22)28/h3-4,21-22H,1-2,5-20H2. The molecule has 0 aromatic heterocycles. The number of ether oxygens (including phenoxy) is 3. The molecule has 0 spiro atoms. The first-order valence-corrected chi connectivity index (χ1v) is 11.8. The molecule has 2 unspecified atom stereocenters. The van der Waals surface area contributed by atoms with E-state index in [0.29, 0.717) is 39.6 Å². The summed E-state index contributed by atoms with van der Waals surface area (Å²) in [7, 11) is 0. The molecule has 0 aromatic rings. The molecule has 176 valence electrons. The lowest BCUT2D eigenvalue weighted by Gasteiger charge is -2.20. The molecule has 0 bridgehead atoms. The van der Waals surface area contributed by atoms with Crippen LogP contribution in [0.4, 0.5) is 0 Å². The minimum atomic E-state index is 0.0359. The summed E-state index contributed by atoms with van der Waals surface area (Å²) in [6.07, 6.45) is 10.9. The Morgan fingerprint density at radius 3 is 1.45 bits per heavy atom. The van der Waals surface area contributed by atoms with E-state index in [0.717, 1.165) is 64.5 Å². The maximum Gasteiger partial charge on any atom is 0.229 e. The SMILES string of the molecule is C=CN1CCCCC(CCOCCOCCOCCC2CCCCN(C=C)C2=O)C1=O. The smallest absolute Gasteiger partial charge is 0.229 e. The summed E-state index contributed by atoms with van der Waals surface area (Å²) in [5.74, 6) is 0.418. The van der Waals surface area contributed by atoms with E-state index in [4.69, 9.17) is 14.2 Å². The zero-order valence-electron chi connectivity index (χ0n) is 19.0. The van der Waals surface area contributed by atoms with E-state index in [1.165, 1.54) is 0 Å². The van der Waals surface area contributed by atoms with Crippen molar-refractivity contribution in [1.29, 1.82) is 0 Å². The number of hydrogen-bond acceptors (Lipinski definition) is 5. The predicted molar refractivity (Wildman–Crippen MR) is 120 cm³/mol. The Morgan fingerprint density at radius 1 is 0.677 bits per heavy atom. The molecule has 7 nitrogen and oxygen atoms in total. The molecule has 0 aliphatic carbocycles. The minimum absolute atomic E-state index is 0.0359. The van der Waals surface area contributed by atoms with Gasteiger partial charge in [0.1, 0.15) is 0 Å². The van der Waals surface area contributed by atoms with Gasteiger partial charge in [0.25, 0.3) is 0 Å². The number of rotatable bonds is 14. The van der Waals surface area contributed by atoms with Crippen molar-refractivity contribution in [2.24, 2.45) is 11.8 Å². The van der Waals surface area contributed by atoms with Gasteiger partial charge in [-0.2, -0.15) is 0 Å². The quantitative estimate of drug-likeness (QED) is 0.391. The number of amides is 2. The van der Waals surface area contributed by atoms with E-state index in [9.17, 15) is 9.59 Å². The van der Waals surface area contributed by atoms with Gasteiger partial charge < -0.3 is 24.0 Å². The first-order valence-electron chi connectivity index (χ1n) is 11.8. The molecule has 0 radical (unpaired) electrons. The maximum atomic E-state index is 12.4. The topological polar surface area (TPSA) is 68.3 Å². The van der Waals surface area contributed by atoms with Gasteiger partial charge in [-0.15, -0.1) is 0 Å². The van der Waals surface area contributed by atoms with Crippen LogP contribution >= 0.6 is 0 Å². The van der Waals surface area contributed by atoms with Crippen LogP contribution in [0.3, 0.4) is 0 Å². The lowest BCUT2D eigenvalue weighted by Crippen LogP contribution is -2.31. The highest BCUT2D eigenvalue weighted by atomic mass is 16.5. The summed E-state index contributed by atoms with van der Waals surface area (Å²) in [4.78, 5) is 28.2. The van der Waals surface area contributed by atoms with E-state index in [1.807, 2.05) is 0 Å². The van der Waals surface area contributed by atoms with Crippen molar-refractivity contribution in [3.8, 4) is 0 Å². The zero-order valence-corrected chi connectivity index (χ0v) is 19.0. The van der Waals surface area contributed by atoms with Crippen LogP contribution in [-0.4, -0.2) is 74.3 Å². The third-order valence-electron chi connectivity index (χ3n) is 6.07. The molecule has 0 N–H and O–H groups in total. The van der Waals surface area contributed by atoms with Gasteiger partial charge in [-0.25, -0.2) is 0 Å². The highest BCUT2D eigenvalue weighted by Gasteiger charge is 2.26. The van der Waals surface area contributed by atoms with Crippen LogP contribution in [0, 0.1) is 11.8 Å². The molecule has 0 saturated carbocycles. The van der Waals surface area contributed by atoms with Gasteiger partial charge in [0.2, 0.25) is 11.8 Å². The Labute approximate surface area is 187 Å². The Balaban J connectivity index is 1.44. The second-order valence-electron chi connectivity index (χ2n) is 8.23. The number of likely N-dealkylation sites (tertiary alicyclic amines) is 2. The summed E-state index contributed by atoms with van der Waals surface area (Å²) >= 11 is 0. The molecule has 2 aliphatic heterocycles. The van der Waals surface area contributed by atoms with Crippen molar-refractivity contribution in [2.45, 2.75) is 51.4 Å². The second kappa shape index (κ2) is 15.2. The Bertz CT molecular complexity index is 520. The number of carbonyl (C=O) groups is 2. The van der Waals surface area contributed by atoms with E-state index in [-0.39, 0.29) is 23.7 Å². The molecule has 2 amide bonds. The highest BCUT2D eigenvalue weighted by Crippen LogP contribution is 2.22. The van der Waals surface area contributed by atoms with Crippen LogP contribution in [0.1, 0.15) is 51.4 Å². The molecule has 2 fully saturated rings. The molecule has 2 atom stereocenters. The molecule has 2 saturated heterocycles. The van der Waals surface area contributed by atoms with Crippen LogP contribution in [0.15, 0.2) is 25.6 Å². The fourth-order valence-electron chi connectivity index (χ4n) is 4.17. The van der Waals surface area contributed by atoms with Gasteiger partial charge in [0, 0.05) is 38.1 Å². The van der Waals surface area contributed by atoms with Gasteiger partial charge in [-0.1, -0.05) is 26.0 Å². The summed E-state index contributed by atoms with van der Waals surface area (Å²) in [5, 5.41) is 0. The number of hydrogen-bond donors (Lipinski definition) is 0. The van der Waals surface area contributed by atoms with E-state index < -0.39 is 0 Å². The summed E-state index contributed by atoms with van der Waals surface area (Å²) < 4.78 is 16.8. The molecule has 31 heavy (non-hydrogen) atoms. The maximum absolute atomic E-state index is 12.4. The molecular formula is C24H40N2O5. The van der Waals surface area contributed by atoms with Crippen LogP contribution in [0.2, 0.25) is 0 Å². The van der Waals surface area contributed by atoms with Gasteiger partial charge in [-0.3, -0.25) is 9.59 Å². The number of carbonyl (C=O) groups excluding carboxylic acids is 2. The van der Waals surface area contributed by atoms with Gasteiger partial charge in [0.15, 0.2) is 0 Å². The molecular weight excluding hydrogens is 396 g/mol. The lowest BCUT2D eigenvalue weighted by atomic mass is 9.99. The third-order valence-corrected chi connectivity index (χ3v) is 6.07. The highest BCUT2D eigenvalue weighted by molar-refractivity contribution is 5.80. The van der Waals surface area contributed by atoms with E-state index in [2.05, 4.69) is 13.2 Å². The van der Waals surface area contributed by atoms with Crippen LogP contribution in [0.25, 0.3) is 0 Å². The Hall–Kier alpha value is -1.70. The molecule has 2 heterocycles. The molecule has 2 rings (SSSR count). The fourth-order valence-corrected chi connectivity index (χ4v) is 4.17. The van der Waals surface area contributed by atoms with Crippen LogP contribution < -0.4 is 0 Å². The Morgan fingerprint density at radius 2 is 1.06 bits per heavy atom. The molecule has 2 aliphatic rings. The third kappa shape index (κ3) is 9.13. The fraction of sp³-hybridized carbons (Fsp3) is 0.750. The minimum Gasteiger partial charge on any atom is -0.379 e. The van der Waals surface area contributed by atoms with Gasteiger partial charge in [-0.05, 0) is 50.9 Å². The summed E-state index contributed by atoms with van der Waals surface area (Å²) in [5.41, 5.74) is 0. The molecule has 0 aromatic carbocycles. The van der Waals surface area contributed by atoms with Crippen molar-refractivity contribution in [2.75, 3.05) is 52.7 Å². The first-order chi connectivity index (χ1) is 15.2. The first kappa shape index (κ1) is 25.6. The lowest BCUT2D eigenvalue weighted by molar-refractivity contribution is -0.133. The summed E-state index contributed by atoms with van der Waals surface area (Å²) in [6, 6.07) is 0. The monoisotopic (exact) mass is 436 g/mol. The number of nitrogens with zero attached hydrogens (tertiary/aromatic N) is 2. The average Bonchev–Trinajstić information content (AvgIpc) is 3.07. The van der Waals surface area contributed by atoms with Crippen molar-refractivity contribution in [1.82, 2.24) is 9.80 Å². The van der Waals surface area contributed by atoms with Crippen molar-refractivity contribution >= 4 is 11.8 Å². The second-order valence-corrected chi connectivity index (χ2v) is 8.23. The van der Waals surface area contributed by atoms with Crippen molar-refractivity contribution < 1.29 is 23.8 Å². The largest absolute Gasteiger partial charge is 0.379 e.